The van der Waals surface area contributed by atoms with Gasteiger partial charge in [-0.15, -0.1) is 0 Å². The molecule has 0 aromatic heterocycles. The average Bonchev–Trinajstić information content (AvgIpc) is 3.33. The molecule has 1 atom stereocenters. The van der Waals surface area contributed by atoms with Gasteiger partial charge in [-0.2, -0.15) is 0 Å². The van der Waals surface area contributed by atoms with Crippen LogP contribution in [0.4, 0.5) is 0 Å². The molecular weight excluding hydrogens is 488 g/mol. The quantitative estimate of drug-likeness (QED) is 0.0704. The number of allylic oxidation sites excluding steroid dienone is 8. The van der Waals surface area contributed by atoms with Crippen LogP contribution in [0, 0.1) is 0 Å². The Bertz CT molecular complexity index is 598. The van der Waals surface area contributed by atoms with Gasteiger partial charge in [-0.25, -0.2) is 0 Å². The molecule has 0 bridgehead atoms. The van der Waals surface area contributed by atoms with Gasteiger partial charge in [0.15, 0.2) is 5.79 Å². The van der Waals surface area contributed by atoms with Crippen molar-refractivity contribution in [3.63, 3.8) is 0 Å². The van der Waals surface area contributed by atoms with Gasteiger partial charge in [0.05, 0.1) is 12.7 Å². The van der Waals surface area contributed by atoms with Crippen molar-refractivity contribution in [2.75, 3.05) is 6.61 Å². The lowest BCUT2D eigenvalue weighted by Gasteiger charge is -2.28. The highest BCUT2D eigenvalue weighted by Gasteiger charge is 2.38. The molecule has 1 fully saturated rings. The number of rotatable bonds is 28. The van der Waals surface area contributed by atoms with E-state index in [-0.39, 0.29) is 11.9 Å². The van der Waals surface area contributed by atoms with Crippen LogP contribution in [0.5, 0.6) is 0 Å². The maximum absolute atomic E-state index is 6.34. The Labute approximate surface area is 251 Å². The lowest BCUT2D eigenvalue weighted by Crippen LogP contribution is -2.30. The van der Waals surface area contributed by atoms with Crippen molar-refractivity contribution in [2.24, 2.45) is 0 Å². The molecule has 232 valence electrons. The number of unbranched alkanes of at least 4 members (excludes halogenated alkanes) is 16. The summed E-state index contributed by atoms with van der Waals surface area (Å²) in [5.41, 5.74) is 0. The molecule has 40 heavy (non-hydrogen) atoms. The molecule has 1 aliphatic heterocycles. The number of hydrogen-bond donors (Lipinski definition) is 0. The summed E-state index contributed by atoms with van der Waals surface area (Å²) < 4.78 is 12.6. The molecule has 0 aromatic rings. The van der Waals surface area contributed by atoms with Gasteiger partial charge in [0.25, 0.3) is 0 Å². The highest BCUT2D eigenvalue weighted by molar-refractivity contribution is 4.93. The Balaban J connectivity index is 2.02. The standard InChI is InChI=1S/C38H68O2/c1-4-6-8-10-12-14-16-18-20-22-24-26-28-30-32-34-38(39-36-37(3)40-38)35-33-31-29-27-25-23-21-19-17-15-13-11-9-7-5-2/h12-15,18-21,37H,4-11,16-17,22-36H2,1-3H3/b14-12-,15-13-,20-18-,21-19-. The largest absolute Gasteiger partial charge is 0.347 e. The van der Waals surface area contributed by atoms with E-state index in [2.05, 4.69) is 69.4 Å². The van der Waals surface area contributed by atoms with Crippen molar-refractivity contribution >= 4 is 0 Å². The zero-order valence-electron chi connectivity index (χ0n) is 27.2. The highest BCUT2D eigenvalue weighted by atomic mass is 16.7. The predicted octanol–water partition coefficient (Wildman–Crippen LogP) is 12.7. The van der Waals surface area contributed by atoms with E-state index < -0.39 is 0 Å². The lowest BCUT2D eigenvalue weighted by molar-refractivity contribution is -0.177. The highest BCUT2D eigenvalue weighted by Crippen LogP contribution is 2.34. The molecule has 0 radical (unpaired) electrons. The normalized spacial score (nSPS) is 17.5. The van der Waals surface area contributed by atoms with Gasteiger partial charge >= 0.3 is 0 Å². The van der Waals surface area contributed by atoms with E-state index in [4.69, 9.17) is 9.47 Å². The van der Waals surface area contributed by atoms with Gasteiger partial charge in [0.1, 0.15) is 0 Å². The van der Waals surface area contributed by atoms with Crippen LogP contribution < -0.4 is 0 Å². The first-order valence-electron chi connectivity index (χ1n) is 17.6. The van der Waals surface area contributed by atoms with Crippen LogP contribution >= 0.6 is 0 Å². The van der Waals surface area contributed by atoms with Crippen molar-refractivity contribution in [1.82, 2.24) is 0 Å². The topological polar surface area (TPSA) is 18.5 Å². The van der Waals surface area contributed by atoms with Crippen LogP contribution in [0.25, 0.3) is 0 Å². The minimum absolute atomic E-state index is 0.246. The molecular formula is C38H68O2. The molecule has 0 spiro atoms. The second-order valence-electron chi connectivity index (χ2n) is 12.1. The van der Waals surface area contributed by atoms with Crippen molar-refractivity contribution in [3.05, 3.63) is 48.6 Å². The van der Waals surface area contributed by atoms with Crippen molar-refractivity contribution in [2.45, 2.75) is 187 Å². The van der Waals surface area contributed by atoms with Gasteiger partial charge in [-0.3, -0.25) is 0 Å². The zero-order valence-corrected chi connectivity index (χ0v) is 27.2. The molecule has 0 aromatic carbocycles. The van der Waals surface area contributed by atoms with Gasteiger partial charge in [-0.05, 0) is 84.0 Å². The smallest absolute Gasteiger partial charge is 0.168 e. The Kier molecular flexibility index (Phi) is 25.9. The summed E-state index contributed by atoms with van der Waals surface area (Å²) in [7, 11) is 0. The first kappa shape index (κ1) is 36.9. The van der Waals surface area contributed by atoms with E-state index in [1.807, 2.05) is 0 Å². The van der Waals surface area contributed by atoms with Crippen LogP contribution in [0.1, 0.15) is 175 Å². The summed E-state index contributed by atoms with van der Waals surface area (Å²) in [5, 5.41) is 0. The summed E-state index contributed by atoms with van der Waals surface area (Å²) in [5.74, 6) is -0.293. The third kappa shape index (κ3) is 22.6. The summed E-state index contributed by atoms with van der Waals surface area (Å²) >= 11 is 0. The maximum Gasteiger partial charge on any atom is 0.168 e. The third-order valence-electron chi connectivity index (χ3n) is 8.01. The van der Waals surface area contributed by atoms with E-state index >= 15 is 0 Å². The summed E-state index contributed by atoms with van der Waals surface area (Å²) in [6, 6.07) is 0. The Morgan fingerprint density at radius 1 is 0.500 bits per heavy atom. The first-order valence-corrected chi connectivity index (χ1v) is 17.6. The lowest BCUT2D eigenvalue weighted by atomic mass is 9.99. The summed E-state index contributed by atoms with van der Waals surface area (Å²) in [4.78, 5) is 0. The van der Waals surface area contributed by atoms with E-state index in [0.29, 0.717) is 0 Å². The van der Waals surface area contributed by atoms with Gasteiger partial charge in [0, 0.05) is 12.8 Å². The van der Waals surface area contributed by atoms with Crippen LogP contribution in [-0.4, -0.2) is 18.5 Å². The fourth-order valence-electron chi connectivity index (χ4n) is 5.50. The second-order valence-corrected chi connectivity index (χ2v) is 12.1. The summed E-state index contributed by atoms with van der Waals surface area (Å²) in [6.07, 6.45) is 49.3. The maximum atomic E-state index is 6.34. The number of ether oxygens (including phenoxy) is 2. The van der Waals surface area contributed by atoms with Crippen molar-refractivity contribution in [1.29, 1.82) is 0 Å². The third-order valence-corrected chi connectivity index (χ3v) is 8.01. The Morgan fingerprint density at radius 3 is 1.25 bits per heavy atom. The Morgan fingerprint density at radius 2 is 0.875 bits per heavy atom. The Hall–Kier alpha value is -1.12. The second kappa shape index (κ2) is 28.0. The average molecular weight is 557 g/mol. The molecule has 0 aliphatic carbocycles. The summed E-state index contributed by atoms with van der Waals surface area (Å²) in [6.45, 7) is 7.46. The monoisotopic (exact) mass is 557 g/mol. The van der Waals surface area contributed by atoms with E-state index in [1.54, 1.807) is 0 Å². The molecule has 1 saturated heterocycles. The zero-order chi connectivity index (χ0) is 28.8. The molecule has 1 unspecified atom stereocenters. The fraction of sp³-hybridized carbons (Fsp3) is 0.789. The predicted molar refractivity (Wildman–Crippen MR) is 178 cm³/mol. The van der Waals surface area contributed by atoms with E-state index in [0.717, 1.165) is 32.3 Å². The SMILES string of the molecule is CCCCC/C=C\C/C=C\CCCCCCCC1(CCCCCCC/C=C\C/C=C\CCCCC)OCC(C)O1. The molecule has 2 nitrogen and oxygen atoms in total. The van der Waals surface area contributed by atoms with E-state index in [1.165, 1.54) is 128 Å². The van der Waals surface area contributed by atoms with Crippen LogP contribution in [0.15, 0.2) is 48.6 Å². The molecule has 1 rings (SSSR count). The van der Waals surface area contributed by atoms with Crippen molar-refractivity contribution in [3.8, 4) is 0 Å². The van der Waals surface area contributed by atoms with Crippen molar-refractivity contribution < 1.29 is 9.47 Å². The fourth-order valence-corrected chi connectivity index (χ4v) is 5.50. The molecule has 1 heterocycles. The molecule has 0 N–H and O–H groups in total. The van der Waals surface area contributed by atoms with Gasteiger partial charge in [-0.1, -0.05) is 127 Å². The molecule has 0 saturated carbocycles. The number of hydrogen-bond acceptors (Lipinski definition) is 2. The minimum Gasteiger partial charge on any atom is -0.347 e. The first-order chi connectivity index (χ1) is 19.7. The van der Waals surface area contributed by atoms with Gasteiger partial charge in [0.2, 0.25) is 0 Å². The van der Waals surface area contributed by atoms with Crippen LogP contribution in [0.2, 0.25) is 0 Å². The minimum atomic E-state index is -0.293. The molecule has 1 aliphatic rings. The van der Waals surface area contributed by atoms with E-state index in [9.17, 15) is 0 Å². The van der Waals surface area contributed by atoms with Crippen LogP contribution in [0.3, 0.4) is 0 Å². The van der Waals surface area contributed by atoms with Gasteiger partial charge < -0.3 is 9.47 Å². The van der Waals surface area contributed by atoms with Crippen LogP contribution in [-0.2, 0) is 9.47 Å². The molecule has 0 amide bonds. The molecule has 2 heteroatoms.